The van der Waals surface area contributed by atoms with Crippen LogP contribution in [0, 0.1) is 11.8 Å². The van der Waals surface area contributed by atoms with E-state index in [1.165, 1.54) is 5.56 Å². The molecule has 1 aliphatic heterocycles. The van der Waals surface area contributed by atoms with Crippen LogP contribution >= 0.6 is 11.8 Å². The van der Waals surface area contributed by atoms with E-state index in [-0.39, 0.29) is 24.3 Å². The summed E-state index contributed by atoms with van der Waals surface area (Å²) in [5, 5.41) is 19.3. The van der Waals surface area contributed by atoms with Gasteiger partial charge >= 0.3 is 5.97 Å². The molecule has 0 aliphatic carbocycles. The van der Waals surface area contributed by atoms with Crippen molar-refractivity contribution in [3.8, 4) is 0 Å². The maximum atomic E-state index is 12.6. The number of hydrogen-bond donors (Lipinski definition) is 2. The number of aliphatic hydroxyl groups is 1. The number of aliphatic carboxylic acids is 1. The number of carbonyl (C=O) groups is 2. The summed E-state index contributed by atoms with van der Waals surface area (Å²) in [4.78, 5) is 25.3. The number of rotatable bonds is 13. The second-order valence-corrected chi connectivity index (χ2v) is 9.86. The Bertz CT molecular complexity index is 654. The summed E-state index contributed by atoms with van der Waals surface area (Å²) in [6, 6.07) is 10.3. The third kappa shape index (κ3) is 8.68. The first-order chi connectivity index (χ1) is 14.4. The minimum atomic E-state index is -0.744. The highest BCUT2D eigenvalue weighted by molar-refractivity contribution is 7.98. The van der Waals surface area contributed by atoms with E-state index in [9.17, 15) is 14.7 Å². The van der Waals surface area contributed by atoms with Crippen LogP contribution in [-0.4, -0.2) is 45.0 Å². The summed E-state index contributed by atoms with van der Waals surface area (Å²) in [5.41, 5.74) is 0.773. The van der Waals surface area contributed by atoms with E-state index in [1.54, 1.807) is 11.8 Å². The van der Waals surface area contributed by atoms with Gasteiger partial charge in [0.15, 0.2) is 0 Å². The van der Waals surface area contributed by atoms with Crippen LogP contribution in [0.15, 0.2) is 30.3 Å². The number of carboxylic acids is 1. The Hall–Kier alpha value is -1.53. The van der Waals surface area contributed by atoms with Gasteiger partial charge in [-0.05, 0) is 49.5 Å². The molecule has 1 heterocycles. The fourth-order valence-electron chi connectivity index (χ4n) is 4.24. The van der Waals surface area contributed by atoms with Gasteiger partial charge in [-0.1, -0.05) is 50.6 Å². The van der Waals surface area contributed by atoms with Crippen molar-refractivity contribution in [2.75, 3.05) is 6.54 Å². The second-order valence-electron chi connectivity index (χ2n) is 8.69. The first-order valence-electron chi connectivity index (χ1n) is 11.2. The average molecular weight is 436 g/mol. The maximum absolute atomic E-state index is 12.6. The molecule has 0 aromatic heterocycles. The Balaban J connectivity index is 1.81. The molecule has 1 saturated heterocycles. The molecular weight excluding hydrogens is 398 g/mol. The summed E-state index contributed by atoms with van der Waals surface area (Å²) < 4.78 is 0. The third-order valence-corrected chi connectivity index (χ3v) is 7.15. The Kier molecular flexibility index (Phi) is 10.7. The van der Waals surface area contributed by atoms with Crippen molar-refractivity contribution in [3.63, 3.8) is 0 Å². The molecule has 1 unspecified atom stereocenters. The van der Waals surface area contributed by atoms with Crippen LogP contribution in [0.4, 0.5) is 0 Å². The van der Waals surface area contributed by atoms with Crippen molar-refractivity contribution >= 4 is 23.6 Å². The van der Waals surface area contributed by atoms with Gasteiger partial charge in [-0.25, -0.2) is 0 Å². The molecule has 0 spiro atoms. The van der Waals surface area contributed by atoms with Gasteiger partial charge in [-0.3, -0.25) is 9.59 Å². The van der Waals surface area contributed by atoms with Gasteiger partial charge < -0.3 is 15.1 Å². The van der Waals surface area contributed by atoms with Crippen molar-refractivity contribution in [3.05, 3.63) is 35.9 Å². The molecule has 2 N–H and O–H groups in total. The fourth-order valence-corrected chi connectivity index (χ4v) is 5.26. The van der Waals surface area contributed by atoms with Gasteiger partial charge in [0.1, 0.15) is 0 Å². The Morgan fingerprint density at radius 1 is 1.23 bits per heavy atom. The van der Waals surface area contributed by atoms with Crippen LogP contribution in [0.3, 0.4) is 0 Å². The minimum absolute atomic E-state index is 0.185. The number of carboxylic acid groups (broad SMARTS) is 1. The highest BCUT2D eigenvalue weighted by Gasteiger charge is 2.32. The Morgan fingerprint density at radius 3 is 2.67 bits per heavy atom. The topological polar surface area (TPSA) is 77.8 Å². The predicted octanol–water partition coefficient (Wildman–Crippen LogP) is 4.93. The number of thioether (sulfide) groups is 1. The zero-order valence-corrected chi connectivity index (χ0v) is 19.2. The van der Waals surface area contributed by atoms with Gasteiger partial charge in [0, 0.05) is 31.2 Å². The summed E-state index contributed by atoms with van der Waals surface area (Å²) in [5.74, 6) is 0.917. The van der Waals surface area contributed by atoms with Gasteiger partial charge in [0.25, 0.3) is 0 Å². The first-order valence-corrected chi connectivity index (χ1v) is 12.3. The molecule has 0 bridgehead atoms. The maximum Gasteiger partial charge on any atom is 0.303 e. The van der Waals surface area contributed by atoms with Gasteiger partial charge in [0.2, 0.25) is 5.91 Å². The molecule has 1 aromatic rings. The third-order valence-electron chi connectivity index (χ3n) is 6.08. The monoisotopic (exact) mass is 435 g/mol. The SMILES string of the molecule is C[C@@H](CCCC(=O)O)CCN1C(=O)CCC[C@@H]1[C@@H](C)CC(O)SCc1ccccc1. The number of piperidine rings is 1. The Labute approximate surface area is 185 Å². The molecule has 6 heteroatoms. The molecular formula is C24H37NO4S. The van der Waals surface area contributed by atoms with Crippen molar-refractivity contribution in [2.45, 2.75) is 82.4 Å². The van der Waals surface area contributed by atoms with E-state index in [4.69, 9.17) is 5.11 Å². The molecule has 1 aromatic carbocycles. The van der Waals surface area contributed by atoms with E-state index >= 15 is 0 Å². The number of hydrogen-bond acceptors (Lipinski definition) is 4. The molecule has 0 radical (unpaired) electrons. The van der Waals surface area contributed by atoms with Crippen LogP contribution in [0.1, 0.15) is 70.8 Å². The minimum Gasteiger partial charge on any atom is -0.481 e. The number of aliphatic hydroxyl groups excluding tert-OH is 1. The highest BCUT2D eigenvalue weighted by Crippen LogP contribution is 2.30. The molecule has 1 aliphatic rings. The Morgan fingerprint density at radius 2 is 1.97 bits per heavy atom. The van der Waals surface area contributed by atoms with Crippen molar-refractivity contribution in [2.24, 2.45) is 11.8 Å². The second kappa shape index (κ2) is 13.0. The summed E-state index contributed by atoms with van der Waals surface area (Å²) >= 11 is 1.56. The largest absolute Gasteiger partial charge is 0.481 e. The molecule has 5 nitrogen and oxygen atoms in total. The zero-order chi connectivity index (χ0) is 21.9. The lowest BCUT2D eigenvalue weighted by atomic mass is 9.88. The zero-order valence-electron chi connectivity index (χ0n) is 18.3. The van der Waals surface area contributed by atoms with E-state index in [0.717, 1.165) is 38.0 Å². The lowest BCUT2D eigenvalue weighted by molar-refractivity contribution is -0.138. The van der Waals surface area contributed by atoms with E-state index in [1.807, 2.05) is 23.1 Å². The molecule has 30 heavy (non-hydrogen) atoms. The summed E-state index contributed by atoms with van der Waals surface area (Å²) in [6.07, 6.45) is 5.90. The number of amides is 1. The molecule has 0 saturated carbocycles. The summed E-state index contributed by atoms with van der Waals surface area (Å²) in [7, 11) is 0. The van der Waals surface area contributed by atoms with Gasteiger partial charge in [-0.15, -0.1) is 11.8 Å². The van der Waals surface area contributed by atoms with Crippen LogP contribution in [-0.2, 0) is 15.3 Å². The normalized spacial score (nSPS) is 20.0. The van der Waals surface area contributed by atoms with E-state index in [0.29, 0.717) is 25.2 Å². The summed E-state index contributed by atoms with van der Waals surface area (Å²) in [6.45, 7) is 5.02. The number of nitrogens with zero attached hydrogens (tertiary/aromatic N) is 1. The van der Waals surface area contributed by atoms with Crippen LogP contribution in [0.25, 0.3) is 0 Å². The van der Waals surface area contributed by atoms with Crippen molar-refractivity contribution in [1.29, 1.82) is 0 Å². The van der Waals surface area contributed by atoms with Crippen LogP contribution in [0.2, 0.25) is 0 Å². The average Bonchev–Trinajstić information content (AvgIpc) is 2.71. The first kappa shape index (κ1) is 24.7. The number of likely N-dealkylation sites (tertiary alicyclic amines) is 1. The lowest BCUT2D eigenvalue weighted by Crippen LogP contribution is -2.48. The molecule has 1 fully saturated rings. The van der Waals surface area contributed by atoms with Gasteiger partial charge in [0.05, 0.1) is 5.44 Å². The van der Waals surface area contributed by atoms with Crippen molar-refractivity contribution < 1.29 is 19.8 Å². The van der Waals surface area contributed by atoms with Crippen LogP contribution < -0.4 is 0 Å². The van der Waals surface area contributed by atoms with Crippen molar-refractivity contribution in [1.82, 2.24) is 4.90 Å². The van der Waals surface area contributed by atoms with E-state index < -0.39 is 11.4 Å². The quantitative estimate of drug-likeness (QED) is 0.430. The van der Waals surface area contributed by atoms with E-state index in [2.05, 4.69) is 26.0 Å². The predicted molar refractivity (Wildman–Crippen MR) is 122 cm³/mol. The smallest absolute Gasteiger partial charge is 0.303 e. The number of carbonyl (C=O) groups excluding carboxylic acids is 1. The molecule has 1 amide bonds. The molecule has 4 atom stereocenters. The fraction of sp³-hybridized carbons (Fsp3) is 0.667. The number of benzene rings is 1. The highest BCUT2D eigenvalue weighted by atomic mass is 32.2. The molecule has 2 rings (SSSR count). The standard InChI is InChI=1S/C24H37NO4S/c1-18(8-6-13-23(27)28)14-15-25-21(11-7-12-22(25)26)19(2)16-24(29)30-17-20-9-4-3-5-10-20/h3-5,9-10,18-19,21,24,29H,6-8,11-17H2,1-2H3,(H,27,28)/t18-,19-,21+,24?/m0/s1. The van der Waals surface area contributed by atoms with Crippen LogP contribution in [0.5, 0.6) is 0 Å². The lowest BCUT2D eigenvalue weighted by Gasteiger charge is -2.40. The van der Waals surface area contributed by atoms with Gasteiger partial charge in [-0.2, -0.15) is 0 Å². The molecule has 168 valence electrons.